The number of nitrogens with zero attached hydrogens (tertiary/aromatic N) is 4. The Morgan fingerprint density at radius 1 is 0.438 bits per heavy atom. The van der Waals surface area contributed by atoms with Crippen LogP contribution in [0.5, 0.6) is 0 Å². The van der Waals surface area contributed by atoms with Gasteiger partial charge >= 0.3 is 12.4 Å². The third-order valence-electron chi connectivity index (χ3n) is 12.0. The molecule has 10 heteroatoms. The Hall–Kier alpha value is -8.08. The minimum atomic E-state index is -4.61. The number of hydrogen-bond acceptors (Lipinski definition) is 2. The van der Waals surface area contributed by atoms with Gasteiger partial charge in [0.15, 0.2) is 0 Å². The summed E-state index contributed by atoms with van der Waals surface area (Å²) in [4.78, 5) is 0. The monoisotopic (exact) mass is 850 g/mol. The molecule has 0 aliphatic heterocycles. The smallest absolute Gasteiger partial charge is 0.309 e. The van der Waals surface area contributed by atoms with Crippen LogP contribution in [0, 0.1) is 36.5 Å². The summed E-state index contributed by atoms with van der Waals surface area (Å²) in [6, 6.07) is 49.8. The fraction of sp³-hybridized carbons (Fsp3) is 0.0741. The van der Waals surface area contributed by atoms with Gasteiger partial charge in [-0.2, -0.15) is 36.9 Å². The second kappa shape index (κ2) is 14.8. The van der Waals surface area contributed by atoms with Gasteiger partial charge in [-0.25, -0.2) is 0 Å². The first-order valence-electron chi connectivity index (χ1n) is 20.3. The highest BCUT2D eigenvalue weighted by atomic mass is 19.4. The van der Waals surface area contributed by atoms with E-state index in [1.54, 1.807) is 56.3 Å². The van der Waals surface area contributed by atoms with Gasteiger partial charge in [-0.15, -0.1) is 0 Å². The zero-order valence-electron chi connectivity index (χ0n) is 34.1. The summed E-state index contributed by atoms with van der Waals surface area (Å²) < 4.78 is 88.7. The Morgan fingerprint density at radius 3 is 1.61 bits per heavy atom. The summed E-state index contributed by atoms with van der Waals surface area (Å²) in [6.07, 6.45) is -9.10. The molecule has 10 aromatic rings. The maximum atomic E-state index is 14.6. The van der Waals surface area contributed by atoms with Gasteiger partial charge in [0.2, 0.25) is 0 Å². The molecule has 310 valence electrons. The summed E-state index contributed by atoms with van der Waals surface area (Å²) in [5, 5.41) is 24.6. The van der Waals surface area contributed by atoms with Gasteiger partial charge in [-0.05, 0) is 114 Å². The molecule has 0 amide bonds. The van der Waals surface area contributed by atoms with Crippen LogP contribution in [-0.2, 0) is 12.4 Å². The van der Waals surface area contributed by atoms with Crippen LogP contribution in [0.3, 0.4) is 0 Å². The number of alkyl halides is 6. The minimum Gasteiger partial charge on any atom is -0.309 e. The molecule has 0 saturated heterocycles. The standard InChI is InChI=1S/C54H32F6N4/c1-31-14-18-40(46(22-31)54(58,59)60)36-16-20-44-42-11-4-6-13-48(42)64(51(44)26-36)52-27-37(30-62)49(28-45(52)34-9-7-8-33(24-34)29-61)63-47-12-5-3-10-41(47)43-19-15-35(25-50(43)63)39-21-17-38(23-32(39)2)53(55,56)57/h3-28H,1-2H3. The van der Waals surface area contributed by atoms with Crippen LogP contribution in [0.15, 0.2) is 158 Å². The highest BCUT2D eigenvalue weighted by Gasteiger charge is 2.34. The molecule has 0 bridgehead atoms. The van der Waals surface area contributed by atoms with Crippen molar-refractivity contribution in [2.75, 3.05) is 0 Å². The molecule has 0 saturated carbocycles. The van der Waals surface area contributed by atoms with Gasteiger partial charge < -0.3 is 9.13 Å². The summed E-state index contributed by atoms with van der Waals surface area (Å²) in [7, 11) is 0. The van der Waals surface area contributed by atoms with Gasteiger partial charge in [0.1, 0.15) is 6.07 Å². The van der Waals surface area contributed by atoms with Crippen LogP contribution in [0.2, 0.25) is 0 Å². The number of fused-ring (bicyclic) bond motifs is 6. The van der Waals surface area contributed by atoms with Gasteiger partial charge in [0, 0.05) is 27.1 Å². The highest BCUT2D eigenvalue weighted by Crippen LogP contribution is 2.44. The average Bonchev–Trinajstić information content (AvgIpc) is 3.80. The molecule has 0 N–H and O–H groups in total. The third-order valence-corrected chi connectivity index (χ3v) is 12.0. The SMILES string of the molecule is Cc1ccc(-c2ccc3c4ccccc4n(-c4cc(C#N)c(-n5c6ccccc6c6ccc(-c7ccc(C(F)(F)F)cc7C)cc65)cc4-c4cccc(C#N)c4)c3c2)c(C(F)(F)F)c1. The lowest BCUT2D eigenvalue weighted by Gasteiger charge is -2.19. The van der Waals surface area contributed by atoms with Crippen LogP contribution < -0.4 is 0 Å². The fourth-order valence-corrected chi connectivity index (χ4v) is 9.13. The predicted molar refractivity (Wildman–Crippen MR) is 240 cm³/mol. The van der Waals surface area contributed by atoms with E-state index >= 15 is 0 Å². The first kappa shape index (κ1) is 40.0. The Balaban J connectivity index is 1.28. The van der Waals surface area contributed by atoms with E-state index in [-0.39, 0.29) is 11.1 Å². The fourth-order valence-electron chi connectivity index (χ4n) is 9.13. The molecule has 2 aromatic heterocycles. The second-order valence-corrected chi connectivity index (χ2v) is 15.9. The molecule has 8 aromatic carbocycles. The van der Waals surface area contributed by atoms with Crippen molar-refractivity contribution in [2.24, 2.45) is 0 Å². The summed E-state index contributed by atoms with van der Waals surface area (Å²) in [5.41, 5.74) is 6.99. The third kappa shape index (κ3) is 6.54. The summed E-state index contributed by atoms with van der Waals surface area (Å²) in [6.45, 7) is 3.27. The van der Waals surface area contributed by atoms with Crippen molar-refractivity contribution in [3.63, 3.8) is 0 Å². The van der Waals surface area contributed by atoms with Gasteiger partial charge in [0.05, 0.1) is 61.8 Å². The van der Waals surface area contributed by atoms with Gasteiger partial charge in [-0.1, -0.05) is 96.6 Å². The molecular weight excluding hydrogens is 819 g/mol. The second-order valence-electron chi connectivity index (χ2n) is 15.9. The highest BCUT2D eigenvalue weighted by molar-refractivity contribution is 6.12. The van der Waals surface area contributed by atoms with Gasteiger partial charge in [-0.3, -0.25) is 0 Å². The minimum absolute atomic E-state index is 0.0315. The van der Waals surface area contributed by atoms with E-state index in [0.29, 0.717) is 66.9 Å². The Labute approximate surface area is 362 Å². The topological polar surface area (TPSA) is 57.4 Å². The van der Waals surface area contributed by atoms with Crippen molar-refractivity contribution in [3.8, 4) is 56.9 Å². The van der Waals surface area contributed by atoms with E-state index in [1.165, 1.54) is 12.1 Å². The quantitative estimate of drug-likeness (QED) is 0.162. The maximum Gasteiger partial charge on any atom is 0.417 e. The number of para-hydroxylation sites is 2. The zero-order chi connectivity index (χ0) is 44.7. The van der Waals surface area contributed by atoms with Crippen molar-refractivity contribution in [2.45, 2.75) is 26.2 Å². The molecule has 0 spiro atoms. The normalized spacial score (nSPS) is 12.0. The number of halogens is 6. The number of benzene rings is 8. The van der Waals surface area contributed by atoms with Crippen LogP contribution in [0.25, 0.3) is 88.4 Å². The number of hydrogen-bond donors (Lipinski definition) is 0. The number of nitriles is 2. The van der Waals surface area contributed by atoms with E-state index in [9.17, 15) is 36.9 Å². The Bertz CT molecular complexity index is 3650. The Kier molecular flexibility index (Phi) is 9.25. The van der Waals surface area contributed by atoms with Crippen molar-refractivity contribution in [1.82, 2.24) is 9.13 Å². The average molecular weight is 851 g/mol. The van der Waals surface area contributed by atoms with Crippen LogP contribution in [-0.4, -0.2) is 9.13 Å². The molecule has 2 heterocycles. The molecule has 10 rings (SSSR count). The van der Waals surface area contributed by atoms with E-state index in [2.05, 4.69) is 12.1 Å². The lowest BCUT2D eigenvalue weighted by molar-refractivity contribution is -0.138. The van der Waals surface area contributed by atoms with Crippen molar-refractivity contribution < 1.29 is 26.3 Å². The molecule has 0 aliphatic rings. The summed E-state index contributed by atoms with van der Waals surface area (Å²) in [5.74, 6) is 0. The molecule has 0 unspecified atom stereocenters. The lowest BCUT2D eigenvalue weighted by atomic mass is 9.96. The largest absolute Gasteiger partial charge is 0.417 e. The van der Waals surface area contributed by atoms with Crippen molar-refractivity contribution in [3.05, 3.63) is 191 Å². The lowest BCUT2D eigenvalue weighted by Crippen LogP contribution is -2.07. The Morgan fingerprint density at radius 2 is 1.02 bits per heavy atom. The van der Waals surface area contributed by atoms with Crippen molar-refractivity contribution >= 4 is 43.6 Å². The number of aryl methyl sites for hydroxylation is 2. The van der Waals surface area contributed by atoms with Crippen LogP contribution in [0.4, 0.5) is 26.3 Å². The van der Waals surface area contributed by atoms with Crippen LogP contribution in [0.1, 0.15) is 33.4 Å². The van der Waals surface area contributed by atoms with E-state index < -0.39 is 23.5 Å². The molecule has 0 radical (unpaired) electrons. The zero-order valence-corrected chi connectivity index (χ0v) is 34.1. The van der Waals surface area contributed by atoms with Crippen molar-refractivity contribution in [1.29, 1.82) is 10.5 Å². The number of rotatable bonds is 5. The first-order valence-corrected chi connectivity index (χ1v) is 20.3. The van der Waals surface area contributed by atoms with E-state index in [0.717, 1.165) is 50.8 Å². The van der Waals surface area contributed by atoms with Gasteiger partial charge in [0.25, 0.3) is 0 Å². The van der Waals surface area contributed by atoms with Crippen LogP contribution >= 0.6 is 0 Å². The predicted octanol–water partition coefficient (Wildman–Crippen LogP) is 15.3. The molecule has 64 heavy (non-hydrogen) atoms. The van der Waals surface area contributed by atoms with E-state index in [4.69, 9.17) is 0 Å². The first-order chi connectivity index (χ1) is 30.7. The molecular formula is C54H32F6N4. The molecule has 0 fully saturated rings. The van der Waals surface area contributed by atoms with E-state index in [1.807, 2.05) is 94.1 Å². The summed E-state index contributed by atoms with van der Waals surface area (Å²) >= 11 is 0. The molecule has 0 aliphatic carbocycles. The molecule has 0 atom stereocenters. The molecule has 4 nitrogen and oxygen atoms in total. The number of aromatic nitrogens is 2. The maximum absolute atomic E-state index is 14.6.